The number of benzene rings is 2. The first-order chi connectivity index (χ1) is 9.78. The van der Waals surface area contributed by atoms with E-state index < -0.39 is 0 Å². The fraction of sp³-hybridized carbons (Fsp3) is 0.125. The molecule has 2 aromatic carbocycles. The molecule has 0 aliphatic carbocycles. The van der Waals surface area contributed by atoms with Gasteiger partial charge in [-0.3, -0.25) is 0 Å². The van der Waals surface area contributed by atoms with Gasteiger partial charge < -0.3 is 9.84 Å². The highest BCUT2D eigenvalue weighted by Crippen LogP contribution is 2.30. The maximum Gasteiger partial charge on any atom is 0.134 e. The highest BCUT2D eigenvalue weighted by Gasteiger charge is 2.06. The van der Waals surface area contributed by atoms with E-state index in [0.29, 0.717) is 6.61 Å². The van der Waals surface area contributed by atoms with E-state index in [1.807, 2.05) is 30.3 Å². The van der Waals surface area contributed by atoms with Crippen LogP contribution in [0, 0.1) is 0 Å². The molecule has 3 aromatic rings. The first-order valence-corrected chi connectivity index (χ1v) is 7.92. The first-order valence-electron chi connectivity index (χ1n) is 6.25. The predicted octanol–water partition coefficient (Wildman–Crippen LogP) is 4.74. The van der Waals surface area contributed by atoms with Crippen LogP contribution in [0.4, 0.5) is 0 Å². The SMILES string of the molecule is OCc1ccc(OCc2csc3ccccc23)c(Br)c1. The van der Waals surface area contributed by atoms with Gasteiger partial charge in [-0.05, 0) is 50.5 Å². The number of aliphatic hydroxyl groups excluding tert-OH is 1. The molecule has 2 nitrogen and oxygen atoms in total. The van der Waals surface area contributed by atoms with Crippen LogP contribution in [0.2, 0.25) is 0 Å². The molecule has 1 aromatic heterocycles. The van der Waals surface area contributed by atoms with E-state index >= 15 is 0 Å². The average Bonchev–Trinajstić information content (AvgIpc) is 2.89. The molecule has 0 aliphatic heterocycles. The number of hydrogen-bond donors (Lipinski definition) is 1. The highest BCUT2D eigenvalue weighted by molar-refractivity contribution is 9.10. The van der Waals surface area contributed by atoms with E-state index in [4.69, 9.17) is 9.84 Å². The van der Waals surface area contributed by atoms with Crippen LogP contribution in [-0.2, 0) is 13.2 Å². The quantitative estimate of drug-likeness (QED) is 0.738. The molecule has 20 heavy (non-hydrogen) atoms. The van der Waals surface area contributed by atoms with Gasteiger partial charge in [0.05, 0.1) is 11.1 Å². The Hall–Kier alpha value is -1.36. The molecular formula is C16H13BrO2S. The van der Waals surface area contributed by atoms with Crippen molar-refractivity contribution >= 4 is 37.4 Å². The molecule has 0 atom stereocenters. The summed E-state index contributed by atoms with van der Waals surface area (Å²) in [6, 6.07) is 14.0. The fourth-order valence-electron chi connectivity index (χ4n) is 2.06. The van der Waals surface area contributed by atoms with Crippen LogP contribution in [0.15, 0.2) is 52.3 Å². The summed E-state index contributed by atoms with van der Waals surface area (Å²) in [5.74, 6) is 0.789. The van der Waals surface area contributed by atoms with Crippen LogP contribution in [0.5, 0.6) is 5.75 Å². The third-order valence-corrected chi connectivity index (χ3v) is 4.76. The van der Waals surface area contributed by atoms with Gasteiger partial charge in [-0.2, -0.15) is 0 Å². The molecule has 0 saturated carbocycles. The van der Waals surface area contributed by atoms with Gasteiger partial charge in [0, 0.05) is 10.3 Å². The summed E-state index contributed by atoms with van der Waals surface area (Å²) in [4.78, 5) is 0. The molecule has 0 fully saturated rings. The Kier molecular flexibility index (Phi) is 4.05. The van der Waals surface area contributed by atoms with Crippen LogP contribution in [-0.4, -0.2) is 5.11 Å². The van der Waals surface area contributed by atoms with Gasteiger partial charge in [-0.15, -0.1) is 11.3 Å². The molecule has 3 rings (SSSR count). The zero-order valence-corrected chi connectivity index (χ0v) is 13.1. The Balaban J connectivity index is 1.79. The van der Waals surface area contributed by atoms with Crippen molar-refractivity contribution in [2.75, 3.05) is 0 Å². The van der Waals surface area contributed by atoms with Crippen LogP contribution < -0.4 is 4.74 Å². The van der Waals surface area contributed by atoms with E-state index in [0.717, 1.165) is 15.8 Å². The van der Waals surface area contributed by atoms with Crippen molar-refractivity contribution in [1.29, 1.82) is 0 Å². The van der Waals surface area contributed by atoms with Crippen molar-refractivity contribution in [3.8, 4) is 5.75 Å². The summed E-state index contributed by atoms with van der Waals surface area (Å²) in [7, 11) is 0. The van der Waals surface area contributed by atoms with Crippen LogP contribution >= 0.6 is 27.3 Å². The summed E-state index contributed by atoms with van der Waals surface area (Å²) in [6.45, 7) is 0.579. The van der Waals surface area contributed by atoms with Crippen molar-refractivity contribution in [2.45, 2.75) is 13.2 Å². The van der Waals surface area contributed by atoms with E-state index in [1.165, 1.54) is 15.6 Å². The van der Waals surface area contributed by atoms with Gasteiger partial charge in [-0.25, -0.2) is 0 Å². The first kappa shape index (κ1) is 13.6. The Morgan fingerprint density at radius 2 is 2.00 bits per heavy atom. The lowest BCUT2D eigenvalue weighted by Gasteiger charge is -2.08. The minimum Gasteiger partial charge on any atom is -0.488 e. The number of rotatable bonds is 4. The average molecular weight is 349 g/mol. The zero-order valence-electron chi connectivity index (χ0n) is 10.7. The molecule has 1 heterocycles. The highest BCUT2D eigenvalue weighted by atomic mass is 79.9. The maximum atomic E-state index is 9.09. The van der Waals surface area contributed by atoms with Crippen LogP contribution in [0.3, 0.4) is 0 Å². The molecule has 4 heteroatoms. The van der Waals surface area contributed by atoms with E-state index in [-0.39, 0.29) is 6.61 Å². The van der Waals surface area contributed by atoms with E-state index in [1.54, 1.807) is 11.3 Å². The van der Waals surface area contributed by atoms with Gasteiger partial charge in [-0.1, -0.05) is 24.3 Å². The van der Waals surface area contributed by atoms with Crippen molar-refractivity contribution < 1.29 is 9.84 Å². The summed E-state index contributed by atoms with van der Waals surface area (Å²) < 4.78 is 8.01. The van der Waals surface area contributed by atoms with Crippen LogP contribution in [0.25, 0.3) is 10.1 Å². The predicted molar refractivity (Wildman–Crippen MR) is 86.2 cm³/mol. The molecule has 0 aliphatic rings. The van der Waals surface area contributed by atoms with Gasteiger partial charge in [0.15, 0.2) is 0 Å². The smallest absolute Gasteiger partial charge is 0.134 e. The monoisotopic (exact) mass is 348 g/mol. The number of halogens is 1. The summed E-state index contributed by atoms with van der Waals surface area (Å²) in [5.41, 5.74) is 2.06. The van der Waals surface area contributed by atoms with Crippen molar-refractivity contribution in [1.82, 2.24) is 0 Å². The van der Waals surface area contributed by atoms with E-state index in [9.17, 15) is 0 Å². The number of fused-ring (bicyclic) bond motifs is 1. The topological polar surface area (TPSA) is 29.5 Å². The molecule has 0 saturated heterocycles. The van der Waals surface area contributed by atoms with Gasteiger partial charge in [0.2, 0.25) is 0 Å². The fourth-order valence-corrected chi connectivity index (χ4v) is 3.55. The third-order valence-electron chi connectivity index (χ3n) is 3.12. The standard InChI is InChI=1S/C16H13BrO2S/c17-14-7-11(8-18)5-6-15(14)19-9-12-10-20-16-4-2-1-3-13(12)16/h1-7,10,18H,8-9H2. The van der Waals surface area contributed by atoms with E-state index in [2.05, 4.69) is 33.4 Å². The summed E-state index contributed by atoms with van der Waals surface area (Å²) in [6.07, 6.45) is 0. The minimum absolute atomic E-state index is 0.0358. The molecular weight excluding hydrogens is 336 g/mol. The normalized spacial score (nSPS) is 10.9. The Morgan fingerprint density at radius 3 is 2.80 bits per heavy atom. The number of hydrogen-bond acceptors (Lipinski definition) is 3. The molecule has 0 unspecified atom stereocenters. The Bertz CT molecular complexity index is 736. The maximum absolute atomic E-state index is 9.09. The molecule has 0 spiro atoms. The molecule has 0 bridgehead atoms. The molecule has 1 N–H and O–H groups in total. The molecule has 0 amide bonds. The third kappa shape index (κ3) is 2.73. The molecule has 0 radical (unpaired) electrons. The van der Waals surface area contributed by atoms with Crippen LogP contribution in [0.1, 0.15) is 11.1 Å². The van der Waals surface area contributed by atoms with Crippen molar-refractivity contribution in [3.63, 3.8) is 0 Å². The number of ether oxygens (including phenoxy) is 1. The summed E-state index contributed by atoms with van der Waals surface area (Å²) in [5, 5.41) is 12.5. The lowest BCUT2D eigenvalue weighted by molar-refractivity contribution is 0.280. The second-order valence-corrected chi connectivity index (χ2v) is 6.23. The van der Waals surface area contributed by atoms with Crippen molar-refractivity contribution in [2.24, 2.45) is 0 Å². The lowest BCUT2D eigenvalue weighted by Crippen LogP contribution is -1.96. The molecule has 102 valence electrons. The minimum atomic E-state index is 0.0358. The second kappa shape index (κ2) is 5.95. The Morgan fingerprint density at radius 1 is 1.15 bits per heavy atom. The largest absolute Gasteiger partial charge is 0.488 e. The zero-order chi connectivity index (χ0) is 13.9. The Labute approximate surface area is 129 Å². The summed E-state index contributed by atoms with van der Waals surface area (Å²) >= 11 is 5.20. The van der Waals surface area contributed by atoms with Gasteiger partial charge >= 0.3 is 0 Å². The van der Waals surface area contributed by atoms with Crippen molar-refractivity contribution in [3.05, 3.63) is 63.4 Å². The number of aliphatic hydroxyl groups is 1. The van der Waals surface area contributed by atoms with Gasteiger partial charge in [0.1, 0.15) is 12.4 Å². The lowest BCUT2D eigenvalue weighted by atomic mass is 10.2. The second-order valence-electron chi connectivity index (χ2n) is 4.47. The van der Waals surface area contributed by atoms with Gasteiger partial charge in [0.25, 0.3) is 0 Å². The number of thiophene rings is 1.